The van der Waals surface area contributed by atoms with E-state index < -0.39 is 27.5 Å². The number of nitrogens with one attached hydrogen (secondary N) is 2. The Bertz CT molecular complexity index is 1300. The summed E-state index contributed by atoms with van der Waals surface area (Å²) in [6.07, 6.45) is 2.77. The molecule has 0 unspecified atom stereocenters. The van der Waals surface area contributed by atoms with E-state index in [1.807, 2.05) is 16.7 Å². The number of nitro benzene ring substituents is 1. The van der Waals surface area contributed by atoms with Crippen LogP contribution in [0, 0.1) is 10.1 Å². The van der Waals surface area contributed by atoms with Gasteiger partial charge in [0.05, 0.1) is 22.9 Å². The van der Waals surface area contributed by atoms with E-state index in [-0.39, 0.29) is 10.6 Å². The summed E-state index contributed by atoms with van der Waals surface area (Å²) < 4.78 is 1.83. The lowest BCUT2D eigenvalue weighted by atomic mass is 10.2. The van der Waals surface area contributed by atoms with Crippen LogP contribution in [0.5, 0.6) is 5.75 Å². The molecule has 2 aromatic carbocycles. The Kier molecular flexibility index (Phi) is 9.28. The Morgan fingerprint density at radius 2 is 2.03 bits per heavy atom. The molecule has 14 heteroatoms. The van der Waals surface area contributed by atoms with Gasteiger partial charge in [-0.2, -0.15) is 5.10 Å². The number of rotatable bonds is 11. The van der Waals surface area contributed by atoms with E-state index in [1.165, 1.54) is 17.8 Å². The highest BCUT2D eigenvalue weighted by Crippen LogP contribution is 2.32. The monoisotopic (exact) mass is 549 g/mol. The molecule has 1 atom stereocenters. The number of anilines is 1. The predicted molar refractivity (Wildman–Crippen MR) is 140 cm³/mol. The summed E-state index contributed by atoms with van der Waals surface area (Å²) in [7, 11) is 0. The number of phenols is 1. The molecule has 0 radical (unpaired) electrons. The van der Waals surface area contributed by atoms with Crippen molar-refractivity contribution in [3.05, 3.63) is 80.6 Å². The van der Waals surface area contributed by atoms with Crippen LogP contribution in [0.3, 0.4) is 0 Å². The van der Waals surface area contributed by atoms with Crippen LogP contribution in [0.4, 0.5) is 11.4 Å². The van der Waals surface area contributed by atoms with Gasteiger partial charge in [-0.1, -0.05) is 41.0 Å². The third kappa shape index (κ3) is 6.97. The van der Waals surface area contributed by atoms with Crippen LogP contribution in [0.25, 0.3) is 0 Å². The highest BCUT2D eigenvalue weighted by atomic mass is 35.5. The molecule has 3 rings (SSSR count). The molecule has 0 aliphatic heterocycles. The molecule has 0 saturated heterocycles. The number of amides is 1. The van der Waals surface area contributed by atoms with Gasteiger partial charge in [-0.15, -0.1) is 16.8 Å². The molecule has 0 saturated carbocycles. The van der Waals surface area contributed by atoms with Gasteiger partial charge in [-0.25, -0.2) is 5.43 Å². The Hall–Kier alpha value is -3.61. The predicted octanol–water partition coefficient (Wildman–Crippen LogP) is 4.63. The van der Waals surface area contributed by atoms with Gasteiger partial charge in [0.25, 0.3) is 5.91 Å². The van der Waals surface area contributed by atoms with Crippen molar-refractivity contribution in [3.8, 4) is 5.75 Å². The first-order valence-corrected chi connectivity index (χ1v) is 12.0. The number of carbonyl (C=O) groups excluding carboxylic acids is 1. The van der Waals surface area contributed by atoms with Gasteiger partial charge >= 0.3 is 5.69 Å². The zero-order valence-corrected chi connectivity index (χ0v) is 21.2. The van der Waals surface area contributed by atoms with Gasteiger partial charge in [0.1, 0.15) is 0 Å². The number of hydrogen-bond acceptors (Lipinski definition) is 9. The number of aromatic nitrogens is 3. The number of nitro groups is 1. The summed E-state index contributed by atoms with van der Waals surface area (Å²) in [4.78, 5) is 22.8. The fourth-order valence-electron chi connectivity index (χ4n) is 2.91. The van der Waals surface area contributed by atoms with E-state index in [0.29, 0.717) is 29.1 Å². The molecule has 0 fully saturated rings. The summed E-state index contributed by atoms with van der Waals surface area (Å²) >= 11 is 12.9. The minimum Gasteiger partial charge on any atom is -0.502 e. The molecular weight excluding hydrogens is 529 g/mol. The third-order valence-corrected chi connectivity index (χ3v) is 6.26. The number of carbonyl (C=O) groups is 1. The van der Waals surface area contributed by atoms with Crippen molar-refractivity contribution in [2.45, 2.75) is 30.4 Å². The van der Waals surface area contributed by atoms with Crippen molar-refractivity contribution in [1.82, 2.24) is 20.2 Å². The van der Waals surface area contributed by atoms with Crippen LogP contribution in [-0.2, 0) is 17.9 Å². The average molecular weight is 550 g/mol. The Balaban J connectivity index is 1.64. The number of hydrazone groups is 1. The first kappa shape index (κ1) is 27.0. The normalized spacial score (nSPS) is 11.9. The van der Waals surface area contributed by atoms with Crippen molar-refractivity contribution < 1.29 is 14.8 Å². The highest BCUT2D eigenvalue weighted by molar-refractivity contribution is 8.00. The number of aromatic hydroxyl groups is 1. The van der Waals surface area contributed by atoms with Crippen molar-refractivity contribution in [3.63, 3.8) is 0 Å². The summed E-state index contributed by atoms with van der Waals surface area (Å²) in [6.45, 7) is 6.26. The zero-order chi connectivity index (χ0) is 26.2. The van der Waals surface area contributed by atoms with Crippen LogP contribution < -0.4 is 10.7 Å². The number of allylic oxidation sites excluding steroid dienone is 1. The second-order valence-corrected chi connectivity index (χ2v) is 9.45. The number of phenolic OH excluding ortho intramolecular Hbond substituents is 1. The summed E-state index contributed by atoms with van der Waals surface area (Å²) in [5.41, 5.74) is 2.62. The topological polar surface area (TPSA) is 148 Å². The van der Waals surface area contributed by atoms with Gasteiger partial charge in [0, 0.05) is 33.9 Å². The fraction of sp³-hybridized carbons (Fsp3) is 0.182. The summed E-state index contributed by atoms with van der Waals surface area (Å²) in [6, 6.07) is 9.55. The van der Waals surface area contributed by atoms with Gasteiger partial charge < -0.3 is 15.0 Å². The van der Waals surface area contributed by atoms with E-state index in [9.17, 15) is 20.0 Å². The fourth-order valence-corrected chi connectivity index (χ4v) is 4.13. The number of benzene rings is 2. The highest BCUT2D eigenvalue weighted by Gasteiger charge is 2.20. The lowest BCUT2D eigenvalue weighted by Crippen LogP contribution is -2.27. The standard InChI is InChI=1S/C22H21Cl2N7O4S/c1-3-8-30-19(12-25-17-6-4-15(23)5-7-17)27-29-22(30)36-13(2)21(33)28-26-11-14-9-16(24)10-18(20(14)32)31(34)35/h3-7,9-11,13,25,32H,1,8,12H2,2H3,(H,28,33)/b26-11-/t13-/m1/s1. The molecule has 0 spiro atoms. The average Bonchev–Trinajstić information content (AvgIpc) is 3.21. The van der Waals surface area contributed by atoms with Crippen LogP contribution in [-0.4, -0.2) is 42.2 Å². The zero-order valence-electron chi connectivity index (χ0n) is 18.9. The molecule has 1 heterocycles. The van der Waals surface area contributed by atoms with E-state index in [2.05, 4.69) is 32.6 Å². The Morgan fingerprint density at radius 1 is 1.31 bits per heavy atom. The molecule has 0 aliphatic carbocycles. The molecule has 188 valence electrons. The molecule has 0 bridgehead atoms. The molecule has 11 nitrogen and oxygen atoms in total. The molecule has 1 amide bonds. The minimum atomic E-state index is -0.769. The largest absolute Gasteiger partial charge is 0.502 e. The lowest BCUT2D eigenvalue weighted by molar-refractivity contribution is -0.385. The second kappa shape index (κ2) is 12.4. The maximum absolute atomic E-state index is 12.5. The summed E-state index contributed by atoms with van der Waals surface area (Å²) in [5.74, 6) is -0.417. The number of nitrogens with zero attached hydrogens (tertiary/aromatic N) is 5. The number of thioether (sulfide) groups is 1. The lowest BCUT2D eigenvalue weighted by Gasteiger charge is -2.12. The Labute approximate surface area is 220 Å². The maximum Gasteiger partial charge on any atom is 0.312 e. The van der Waals surface area contributed by atoms with Gasteiger partial charge in [0.15, 0.2) is 11.0 Å². The van der Waals surface area contributed by atoms with Crippen LogP contribution >= 0.6 is 35.0 Å². The molecule has 36 heavy (non-hydrogen) atoms. The number of halogens is 2. The maximum atomic E-state index is 12.5. The second-order valence-electron chi connectivity index (χ2n) is 7.27. The minimum absolute atomic E-state index is 0.0154. The molecule has 1 aromatic heterocycles. The van der Waals surface area contributed by atoms with Crippen molar-refractivity contribution in [1.29, 1.82) is 0 Å². The molecule has 3 aromatic rings. The van der Waals surface area contributed by atoms with Crippen LogP contribution in [0.2, 0.25) is 10.0 Å². The summed E-state index contributed by atoms with van der Waals surface area (Å²) in [5, 5.41) is 37.0. The molecular formula is C22H21Cl2N7O4S. The third-order valence-electron chi connectivity index (χ3n) is 4.71. The Morgan fingerprint density at radius 3 is 2.69 bits per heavy atom. The first-order chi connectivity index (χ1) is 17.2. The van der Waals surface area contributed by atoms with Crippen molar-refractivity contribution in [2.24, 2.45) is 5.10 Å². The van der Waals surface area contributed by atoms with Crippen LogP contribution in [0.1, 0.15) is 18.3 Å². The molecule has 0 aliphatic rings. The first-order valence-electron chi connectivity index (χ1n) is 10.4. The van der Waals surface area contributed by atoms with E-state index in [1.54, 1.807) is 25.1 Å². The number of hydrogen-bond donors (Lipinski definition) is 3. The quantitative estimate of drug-likeness (QED) is 0.103. The van der Waals surface area contributed by atoms with E-state index in [0.717, 1.165) is 18.0 Å². The van der Waals surface area contributed by atoms with Gasteiger partial charge in [-0.3, -0.25) is 14.9 Å². The smallest absolute Gasteiger partial charge is 0.312 e. The van der Waals surface area contributed by atoms with E-state index >= 15 is 0 Å². The van der Waals surface area contributed by atoms with Crippen molar-refractivity contribution in [2.75, 3.05) is 5.32 Å². The van der Waals surface area contributed by atoms with Crippen LogP contribution in [0.15, 0.2) is 59.3 Å². The van der Waals surface area contributed by atoms with Gasteiger partial charge in [0.2, 0.25) is 5.75 Å². The molecule has 3 N–H and O–H groups in total. The van der Waals surface area contributed by atoms with Crippen molar-refractivity contribution >= 4 is 58.5 Å². The SMILES string of the molecule is C=CCn1c(CNc2ccc(Cl)cc2)nnc1S[C@H](C)C(=O)N/N=C\c1cc(Cl)cc([N+](=O)[O-])c1O. The van der Waals surface area contributed by atoms with Gasteiger partial charge in [-0.05, 0) is 37.3 Å². The van der Waals surface area contributed by atoms with E-state index in [4.69, 9.17) is 23.2 Å².